The number of halogens is 3. The van der Waals surface area contributed by atoms with Crippen molar-refractivity contribution in [2.45, 2.75) is 11.1 Å². The highest BCUT2D eigenvalue weighted by Gasteiger charge is 2.40. The van der Waals surface area contributed by atoms with E-state index in [1.165, 1.54) is 56.6 Å². The smallest absolute Gasteiger partial charge is 0.267 e. The third-order valence-corrected chi connectivity index (χ3v) is 6.26. The molecule has 2 N–H and O–H groups in total. The van der Waals surface area contributed by atoms with Gasteiger partial charge in [-0.3, -0.25) is 20.4 Å². The van der Waals surface area contributed by atoms with Crippen LogP contribution in [0.1, 0.15) is 26.4 Å². The Morgan fingerprint density at radius 1 is 0.970 bits per heavy atom. The summed E-state index contributed by atoms with van der Waals surface area (Å²) in [6.07, 6.45) is -4.18. The number of hydrogen-bond donors (Lipinski definition) is 2. The van der Waals surface area contributed by atoms with Gasteiger partial charge in [0.1, 0.15) is 0 Å². The van der Waals surface area contributed by atoms with Gasteiger partial charge in [-0.1, -0.05) is 24.3 Å². The molecule has 1 heterocycles. The second-order valence-electron chi connectivity index (χ2n) is 6.88. The van der Waals surface area contributed by atoms with Gasteiger partial charge in [0.25, 0.3) is 11.8 Å². The van der Waals surface area contributed by atoms with Crippen LogP contribution in [0.5, 0.6) is 0 Å². The molecule has 0 aliphatic heterocycles. The van der Waals surface area contributed by atoms with Crippen LogP contribution in [0.25, 0.3) is 5.69 Å². The zero-order valence-electron chi connectivity index (χ0n) is 17.3. The number of para-hydroxylation sites is 1. The van der Waals surface area contributed by atoms with Crippen molar-refractivity contribution < 1.29 is 31.2 Å². The molecule has 0 radical (unpaired) electrons. The molecule has 3 rings (SSSR count). The monoisotopic (exact) mass is 481 g/mol. The number of benzene rings is 2. The summed E-state index contributed by atoms with van der Waals surface area (Å²) in [6, 6.07) is 12.4. The summed E-state index contributed by atoms with van der Waals surface area (Å²) in [5.41, 5.74) is 1.72. The Morgan fingerprint density at radius 3 is 2.21 bits per heavy atom. The third-order valence-electron chi connectivity index (χ3n) is 4.45. The number of carbonyl (C=O) groups excluding carboxylic acids is 2. The van der Waals surface area contributed by atoms with Crippen LogP contribution in [0.3, 0.4) is 0 Å². The van der Waals surface area contributed by atoms with Gasteiger partial charge in [0, 0.05) is 19.7 Å². The topological polar surface area (TPSA) is 113 Å². The molecule has 0 spiro atoms. The average molecular weight is 481 g/mol. The lowest BCUT2D eigenvalue weighted by molar-refractivity contribution is -0.143. The van der Waals surface area contributed by atoms with Crippen LogP contribution in [-0.4, -0.2) is 48.4 Å². The molecule has 0 saturated heterocycles. The zero-order chi connectivity index (χ0) is 24.4. The van der Waals surface area contributed by atoms with E-state index in [0.717, 1.165) is 16.6 Å². The van der Waals surface area contributed by atoms with Crippen molar-refractivity contribution in [3.63, 3.8) is 0 Å². The summed E-state index contributed by atoms with van der Waals surface area (Å²) in [4.78, 5) is 24.6. The van der Waals surface area contributed by atoms with E-state index in [9.17, 15) is 31.2 Å². The van der Waals surface area contributed by atoms with E-state index in [2.05, 4.69) is 5.10 Å². The van der Waals surface area contributed by atoms with E-state index in [1.54, 1.807) is 6.07 Å². The molecule has 2 aromatic carbocycles. The molecule has 1 aromatic heterocycles. The van der Waals surface area contributed by atoms with Gasteiger partial charge in [0.2, 0.25) is 10.0 Å². The highest BCUT2D eigenvalue weighted by molar-refractivity contribution is 7.89. The van der Waals surface area contributed by atoms with Crippen LogP contribution < -0.4 is 10.9 Å². The number of hydrogen-bond acceptors (Lipinski definition) is 5. The van der Waals surface area contributed by atoms with E-state index in [1.807, 2.05) is 10.9 Å². The molecule has 0 aliphatic carbocycles. The highest BCUT2D eigenvalue weighted by Crippen LogP contribution is 2.33. The number of nitrogens with zero attached hydrogens (tertiary/aromatic N) is 3. The number of amides is 2. The largest absolute Gasteiger partial charge is 0.434 e. The third kappa shape index (κ3) is 5.04. The predicted molar refractivity (Wildman–Crippen MR) is 111 cm³/mol. The van der Waals surface area contributed by atoms with E-state index in [4.69, 9.17) is 0 Å². The SMILES string of the molecule is CN(C)S(=O)(=O)c1cccc(C(=O)NNC(=O)c2cnn(-c3ccccc3)c2C(F)(F)F)c1. The van der Waals surface area contributed by atoms with Crippen LogP contribution in [0, 0.1) is 0 Å². The predicted octanol–water partition coefficient (Wildman–Crippen LogP) is 2.22. The average Bonchev–Trinajstić information content (AvgIpc) is 3.24. The number of alkyl halides is 3. The van der Waals surface area contributed by atoms with E-state index in [-0.39, 0.29) is 16.1 Å². The fraction of sp³-hybridized carbons (Fsp3) is 0.150. The Morgan fingerprint density at radius 2 is 1.61 bits per heavy atom. The molecule has 174 valence electrons. The van der Waals surface area contributed by atoms with Gasteiger partial charge in [0.15, 0.2) is 5.69 Å². The first kappa shape index (κ1) is 23.9. The van der Waals surface area contributed by atoms with Crippen LogP contribution in [0.4, 0.5) is 13.2 Å². The molecule has 2 amide bonds. The maximum atomic E-state index is 13.7. The second kappa shape index (κ2) is 9.03. The summed E-state index contributed by atoms with van der Waals surface area (Å²) in [5.74, 6) is -2.18. The molecule has 0 bridgehead atoms. The molecule has 9 nitrogen and oxygen atoms in total. The Kier molecular flexibility index (Phi) is 6.56. The zero-order valence-corrected chi connectivity index (χ0v) is 18.1. The minimum atomic E-state index is -4.92. The van der Waals surface area contributed by atoms with Gasteiger partial charge in [-0.15, -0.1) is 0 Å². The maximum Gasteiger partial charge on any atom is 0.434 e. The van der Waals surface area contributed by atoms with Gasteiger partial charge in [-0.25, -0.2) is 17.4 Å². The fourth-order valence-corrected chi connectivity index (χ4v) is 3.76. The van der Waals surface area contributed by atoms with E-state index >= 15 is 0 Å². The van der Waals surface area contributed by atoms with Crippen LogP contribution in [0.2, 0.25) is 0 Å². The van der Waals surface area contributed by atoms with Gasteiger partial charge >= 0.3 is 6.18 Å². The number of sulfonamides is 1. The van der Waals surface area contributed by atoms with Crippen LogP contribution in [-0.2, 0) is 16.2 Å². The molecule has 13 heteroatoms. The second-order valence-corrected chi connectivity index (χ2v) is 9.03. The standard InChI is InChI=1S/C20H18F3N5O4S/c1-27(2)33(31,32)15-10-6-7-13(11-15)18(29)25-26-19(30)16-12-24-28(17(16)20(21,22)23)14-8-4-3-5-9-14/h3-12H,1-2H3,(H,25,29)(H,26,30). The molecule has 33 heavy (non-hydrogen) atoms. The number of nitrogens with one attached hydrogen (secondary N) is 2. The minimum absolute atomic E-state index is 0.0897. The summed E-state index contributed by atoms with van der Waals surface area (Å²) in [7, 11) is -1.19. The van der Waals surface area contributed by atoms with Crippen molar-refractivity contribution >= 4 is 21.8 Å². The first-order valence-electron chi connectivity index (χ1n) is 9.27. The van der Waals surface area contributed by atoms with Crippen molar-refractivity contribution in [3.8, 4) is 5.69 Å². The highest BCUT2D eigenvalue weighted by atomic mass is 32.2. The lowest BCUT2D eigenvalue weighted by Gasteiger charge is -2.14. The summed E-state index contributed by atoms with van der Waals surface area (Å²) in [5, 5.41) is 3.67. The number of aromatic nitrogens is 2. The maximum absolute atomic E-state index is 13.7. The normalized spacial score (nSPS) is 11.9. The molecule has 0 fully saturated rings. The first-order valence-corrected chi connectivity index (χ1v) is 10.7. The minimum Gasteiger partial charge on any atom is -0.267 e. The molecule has 0 saturated carbocycles. The number of carbonyl (C=O) groups is 2. The Bertz CT molecular complexity index is 1290. The van der Waals surface area contributed by atoms with Gasteiger partial charge < -0.3 is 0 Å². The molecular formula is C20H18F3N5O4S. The fourth-order valence-electron chi connectivity index (χ4n) is 2.81. The van der Waals surface area contributed by atoms with Gasteiger partial charge in [-0.2, -0.15) is 18.3 Å². The Labute approximate surface area is 186 Å². The van der Waals surface area contributed by atoms with E-state index in [0.29, 0.717) is 4.68 Å². The lowest BCUT2D eigenvalue weighted by Crippen LogP contribution is -2.42. The van der Waals surface area contributed by atoms with Crippen LogP contribution >= 0.6 is 0 Å². The molecule has 0 aliphatic rings. The van der Waals surface area contributed by atoms with Crippen LogP contribution in [0.15, 0.2) is 65.7 Å². The van der Waals surface area contributed by atoms with Crippen molar-refractivity contribution in [2.24, 2.45) is 0 Å². The first-order chi connectivity index (χ1) is 15.4. The van der Waals surface area contributed by atoms with Crippen molar-refractivity contribution in [3.05, 3.63) is 77.6 Å². The molecule has 0 unspecified atom stereocenters. The van der Waals surface area contributed by atoms with Crippen molar-refractivity contribution in [1.29, 1.82) is 0 Å². The number of hydrazine groups is 1. The molecule has 3 aromatic rings. The van der Waals surface area contributed by atoms with Gasteiger partial charge in [-0.05, 0) is 30.3 Å². The Hall–Kier alpha value is -3.71. The summed E-state index contributed by atoms with van der Waals surface area (Å²) in [6.45, 7) is 0. The van der Waals surface area contributed by atoms with Crippen molar-refractivity contribution in [2.75, 3.05) is 14.1 Å². The summed E-state index contributed by atoms with van der Waals surface area (Å²) < 4.78 is 67.0. The molecular weight excluding hydrogens is 463 g/mol. The van der Waals surface area contributed by atoms with Crippen molar-refractivity contribution in [1.82, 2.24) is 24.9 Å². The number of rotatable bonds is 5. The lowest BCUT2D eigenvalue weighted by atomic mass is 10.2. The Balaban J connectivity index is 1.82. The quantitative estimate of drug-likeness (QED) is 0.543. The van der Waals surface area contributed by atoms with E-state index < -0.39 is 39.3 Å². The summed E-state index contributed by atoms with van der Waals surface area (Å²) >= 11 is 0. The molecule has 0 atom stereocenters. The van der Waals surface area contributed by atoms with Gasteiger partial charge in [0.05, 0.1) is 22.3 Å².